The van der Waals surface area contributed by atoms with Crippen molar-refractivity contribution in [2.24, 2.45) is 23.7 Å². The fourth-order valence-electron chi connectivity index (χ4n) is 4.42. The Labute approximate surface area is 92.3 Å². The van der Waals surface area contributed by atoms with Crippen LogP contribution < -0.4 is 0 Å². The van der Waals surface area contributed by atoms with Crippen LogP contribution in [0.2, 0.25) is 0 Å². The summed E-state index contributed by atoms with van der Waals surface area (Å²) in [5, 5.41) is 0. The molecule has 3 fully saturated rings. The van der Waals surface area contributed by atoms with Crippen molar-refractivity contribution in [1.29, 1.82) is 0 Å². The first-order valence-electron chi connectivity index (χ1n) is 6.59. The molecule has 15 heavy (non-hydrogen) atoms. The van der Waals surface area contributed by atoms with Crippen LogP contribution in [0.1, 0.15) is 39.0 Å². The molecule has 2 bridgehead atoms. The number of ether oxygens (including phenoxy) is 2. The van der Waals surface area contributed by atoms with Crippen LogP contribution in [0.5, 0.6) is 0 Å². The Morgan fingerprint density at radius 2 is 1.93 bits per heavy atom. The molecule has 2 heteroatoms. The van der Waals surface area contributed by atoms with E-state index in [-0.39, 0.29) is 0 Å². The van der Waals surface area contributed by atoms with Crippen LogP contribution in [0.15, 0.2) is 0 Å². The summed E-state index contributed by atoms with van der Waals surface area (Å²) in [5.41, 5.74) is 0. The van der Waals surface area contributed by atoms with Crippen LogP contribution in [0, 0.1) is 23.7 Å². The van der Waals surface area contributed by atoms with Crippen molar-refractivity contribution in [3.63, 3.8) is 0 Å². The van der Waals surface area contributed by atoms with Crippen LogP contribution in [0.4, 0.5) is 0 Å². The minimum Gasteiger partial charge on any atom is -0.356 e. The number of hydrogen-bond acceptors (Lipinski definition) is 2. The molecule has 5 atom stereocenters. The van der Waals surface area contributed by atoms with Crippen molar-refractivity contribution < 1.29 is 9.47 Å². The fraction of sp³-hybridized carbons (Fsp3) is 1.00. The van der Waals surface area contributed by atoms with Gasteiger partial charge in [-0.2, -0.15) is 0 Å². The molecule has 3 aliphatic carbocycles. The van der Waals surface area contributed by atoms with E-state index in [1.165, 1.54) is 32.1 Å². The van der Waals surface area contributed by atoms with Gasteiger partial charge in [0.15, 0.2) is 0 Å². The molecule has 86 valence electrons. The molecule has 0 radical (unpaired) electrons. The van der Waals surface area contributed by atoms with Crippen molar-refractivity contribution in [3.05, 3.63) is 0 Å². The average molecular weight is 210 g/mol. The lowest BCUT2D eigenvalue weighted by atomic mass is 9.80. The van der Waals surface area contributed by atoms with Crippen LogP contribution in [0.25, 0.3) is 0 Å². The van der Waals surface area contributed by atoms with Crippen molar-refractivity contribution in [3.8, 4) is 0 Å². The summed E-state index contributed by atoms with van der Waals surface area (Å²) >= 11 is 0. The average Bonchev–Trinajstić information content (AvgIpc) is 2.89. The molecule has 0 aromatic carbocycles. The van der Waals surface area contributed by atoms with Crippen LogP contribution in [0.3, 0.4) is 0 Å². The highest BCUT2D eigenvalue weighted by Crippen LogP contribution is 2.59. The summed E-state index contributed by atoms with van der Waals surface area (Å²) in [6.07, 6.45) is 7.75. The van der Waals surface area contributed by atoms with Gasteiger partial charge in [-0.05, 0) is 56.3 Å². The number of hydrogen-bond donors (Lipinski definition) is 0. The van der Waals surface area contributed by atoms with E-state index in [2.05, 4.69) is 0 Å². The van der Waals surface area contributed by atoms with Crippen LogP contribution in [-0.2, 0) is 9.47 Å². The zero-order chi connectivity index (χ0) is 10.3. The Bertz CT molecular complexity index is 229. The lowest BCUT2D eigenvalue weighted by molar-refractivity contribution is -0.111. The summed E-state index contributed by atoms with van der Waals surface area (Å²) < 4.78 is 11.2. The van der Waals surface area contributed by atoms with E-state index in [1.54, 1.807) is 0 Å². The SMILES string of the molecule is CCOCOC1CC2CC1C1CCCC21. The summed E-state index contributed by atoms with van der Waals surface area (Å²) in [5.74, 6) is 3.95. The topological polar surface area (TPSA) is 18.5 Å². The molecule has 0 aromatic rings. The van der Waals surface area contributed by atoms with E-state index in [4.69, 9.17) is 9.47 Å². The minimum absolute atomic E-state index is 0.516. The van der Waals surface area contributed by atoms with E-state index >= 15 is 0 Å². The Balaban J connectivity index is 1.56. The molecule has 3 rings (SSSR count). The molecular formula is C13H22O2. The largest absolute Gasteiger partial charge is 0.356 e. The van der Waals surface area contributed by atoms with Gasteiger partial charge in [-0.1, -0.05) is 6.42 Å². The Morgan fingerprint density at radius 1 is 1.07 bits per heavy atom. The molecule has 0 aromatic heterocycles. The highest BCUT2D eigenvalue weighted by Gasteiger charge is 2.54. The summed E-state index contributed by atoms with van der Waals surface area (Å²) in [4.78, 5) is 0. The van der Waals surface area contributed by atoms with Gasteiger partial charge in [0, 0.05) is 6.61 Å². The van der Waals surface area contributed by atoms with Gasteiger partial charge in [-0.15, -0.1) is 0 Å². The summed E-state index contributed by atoms with van der Waals surface area (Å²) in [6, 6.07) is 0. The highest BCUT2D eigenvalue weighted by molar-refractivity contribution is 5.03. The van der Waals surface area contributed by atoms with E-state index in [0.29, 0.717) is 12.9 Å². The van der Waals surface area contributed by atoms with Gasteiger partial charge in [-0.25, -0.2) is 0 Å². The lowest BCUT2D eigenvalue weighted by Crippen LogP contribution is -2.30. The quantitative estimate of drug-likeness (QED) is 0.525. The first kappa shape index (κ1) is 10.1. The summed E-state index contributed by atoms with van der Waals surface area (Å²) in [6.45, 7) is 3.31. The predicted octanol–water partition coefficient (Wildman–Crippen LogP) is 2.82. The van der Waals surface area contributed by atoms with Crippen molar-refractivity contribution in [2.45, 2.75) is 45.1 Å². The maximum atomic E-state index is 5.86. The van der Waals surface area contributed by atoms with Gasteiger partial charge >= 0.3 is 0 Å². The number of rotatable bonds is 4. The predicted molar refractivity (Wildman–Crippen MR) is 58.4 cm³/mol. The van der Waals surface area contributed by atoms with E-state index in [1.807, 2.05) is 6.92 Å². The Kier molecular flexibility index (Phi) is 2.73. The molecule has 3 saturated carbocycles. The smallest absolute Gasteiger partial charge is 0.147 e. The van der Waals surface area contributed by atoms with Gasteiger partial charge in [-0.3, -0.25) is 0 Å². The van der Waals surface area contributed by atoms with Gasteiger partial charge in [0.25, 0.3) is 0 Å². The molecule has 0 heterocycles. The molecule has 0 N–H and O–H groups in total. The second kappa shape index (κ2) is 4.06. The third-order valence-electron chi connectivity index (χ3n) is 4.94. The maximum Gasteiger partial charge on any atom is 0.147 e. The lowest BCUT2D eigenvalue weighted by Gasteiger charge is -2.31. The zero-order valence-electron chi connectivity index (χ0n) is 9.65. The van der Waals surface area contributed by atoms with Crippen LogP contribution in [-0.4, -0.2) is 19.5 Å². The third kappa shape index (κ3) is 1.62. The molecule has 2 nitrogen and oxygen atoms in total. The van der Waals surface area contributed by atoms with Gasteiger partial charge in [0.05, 0.1) is 6.10 Å². The van der Waals surface area contributed by atoms with Crippen molar-refractivity contribution >= 4 is 0 Å². The maximum absolute atomic E-state index is 5.86. The Morgan fingerprint density at radius 3 is 2.80 bits per heavy atom. The minimum atomic E-state index is 0.516. The summed E-state index contributed by atoms with van der Waals surface area (Å²) in [7, 11) is 0. The van der Waals surface area contributed by atoms with Crippen molar-refractivity contribution in [1.82, 2.24) is 0 Å². The second-order valence-electron chi connectivity index (χ2n) is 5.47. The molecule has 0 aliphatic heterocycles. The number of fused-ring (bicyclic) bond motifs is 5. The molecule has 0 spiro atoms. The second-order valence-corrected chi connectivity index (χ2v) is 5.47. The normalized spacial score (nSPS) is 47.4. The molecule has 5 unspecified atom stereocenters. The monoisotopic (exact) mass is 210 g/mol. The molecule has 3 aliphatic rings. The van der Waals surface area contributed by atoms with E-state index in [0.717, 1.165) is 30.3 Å². The third-order valence-corrected chi connectivity index (χ3v) is 4.94. The van der Waals surface area contributed by atoms with E-state index in [9.17, 15) is 0 Å². The van der Waals surface area contributed by atoms with Gasteiger partial charge in [0.2, 0.25) is 0 Å². The zero-order valence-corrected chi connectivity index (χ0v) is 9.65. The molecule has 0 saturated heterocycles. The van der Waals surface area contributed by atoms with Crippen molar-refractivity contribution in [2.75, 3.05) is 13.4 Å². The fourth-order valence-corrected chi connectivity index (χ4v) is 4.42. The Hall–Kier alpha value is -0.0800. The van der Waals surface area contributed by atoms with Crippen LogP contribution >= 0.6 is 0 Å². The standard InChI is InChI=1S/C13H22O2/c1-2-14-8-15-13-7-9-6-12(13)11-5-3-4-10(9)11/h9-13H,2-8H2,1H3. The first-order chi connectivity index (χ1) is 7.40. The van der Waals surface area contributed by atoms with Gasteiger partial charge in [0.1, 0.15) is 6.79 Å². The van der Waals surface area contributed by atoms with E-state index < -0.39 is 0 Å². The molecular weight excluding hydrogens is 188 g/mol. The first-order valence-corrected chi connectivity index (χ1v) is 6.59. The molecule has 0 amide bonds. The highest BCUT2D eigenvalue weighted by atomic mass is 16.7. The van der Waals surface area contributed by atoms with Gasteiger partial charge < -0.3 is 9.47 Å².